The summed E-state index contributed by atoms with van der Waals surface area (Å²) in [6, 6.07) is -0.845. The number of phosphoric ester groups is 1. The number of unbranched alkanes of at least 4 members (excludes halogenated alkanes) is 53. The Hall–Kier alpha value is -1.77. The van der Waals surface area contributed by atoms with Gasteiger partial charge in [-0.1, -0.05) is 366 Å². The minimum absolute atomic E-state index is 0.0443. The lowest BCUT2D eigenvalue weighted by atomic mass is 10.0. The molecule has 0 bridgehead atoms. The molecule has 0 aromatic rings. The van der Waals surface area contributed by atoms with Crippen molar-refractivity contribution < 1.29 is 37.3 Å². The van der Waals surface area contributed by atoms with Crippen LogP contribution in [-0.2, 0) is 27.9 Å². The molecule has 0 aliphatic heterocycles. The Bertz CT molecular complexity index is 1610. The summed E-state index contributed by atoms with van der Waals surface area (Å²) in [6.45, 7) is 7.07. The number of nitrogens with zero attached hydrogens (tertiary/aromatic N) is 1. The Kier molecular flexibility index (Phi) is 67.7. The van der Waals surface area contributed by atoms with E-state index >= 15 is 0 Å². The van der Waals surface area contributed by atoms with Crippen molar-refractivity contribution in [2.75, 3.05) is 40.9 Å². The zero-order valence-corrected chi connectivity index (χ0v) is 61.4. The minimum atomic E-state index is -4.45. The van der Waals surface area contributed by atoms with Crippen LogP contribution in [0.15, 0.2) is 36.5 Å². The van der Waals surface area contributed by atoms with Gasteiger partial charge in [0, 0.05) is 12.8 Å². The van der Waals surface area contributed by atoms with Crippen LogP contribution in [-0.4, -0.2) is 74.3 Å². The minimum Gasteiger partial charge on any atom is -0.456 e. The van der Waals surface area contributed by atoms with Gasteiger partial charge in [0.15, 0.2) is 0 Å². The third-order valence-electron chi connectivity index (χ3n) is 18.1. The SMILES string of the molecule is CCCCC/C=C\C/C=C\CCCCCCCCCCCCCCCCCCCC(=O)OC(/C=C/CCCCCCCCCCCCC)C(COP(=O)(O)OCC[N+](C)(C)C)NC(=O)CCCCCCCCCCCCCCCCCCCCCCCCC. The van der Waals surface area contributed by atoms with Crippen LogP contribution in [0.1, 0.15) is 406 Å². The van der Waals surface area contributed by atoms with Crippen molar-refractivity contribution in [3.8, 4) is 0 Å². The first-order valence-corrected chi connectivity index (χ1v) is 40.8. The summed E-state index contributed by atoms with van der Waals surface area (Å²) in [5, 5.41) is 3.09. The Morgan fingerprint density at radius 1 is 0.393 bits per heavy atom. The quantitative estimate of drug-likeness (QED) is 0.0205. The van der Waals surface area contributed by atoms with Crippen molar-refractivity contribution >= 4 is 19.7 Å². The zero-order chi connectivity index (χ0) is 64.9. The first kappa shape index (κ1) is 87.2. The highest BCUT2D eigenvalue weighted by atomic mass is 31.2. The molecule has 3 unspecified atom stereocenters. The second-order valence-electron chi connectivity index (χ2n) is 28.2. The molecule has 0 aromatic heterocycles. The van der Waals surface area contributed by atoms with Gasteiger partial charge in [0.25, 0.3) is 0 Å². The van der Waals surface area contributed by atoms with E-state index in [1.54, 1.807) is 0 Å². The fraction of sp³-hybridized carbons (Fsp3) is 0.899. The molecule has 0 radical (unpaired) electrons. The molecule has 0 spiro atoms. The maximum atomic E-state index is 13.7. The molecule has 0 heterocycles. The number of amides is 1. The fourth-order valence-corrected chi connectivity index (χ4v) is 12.8. The van der Waals surface area contributed by atoms with E-state index in [4.69, 9.17) is 13.8 Å². The lowest BCUT2D eigenvalue weighted by Crippen LogP contribution is -2.47. The molecule has 89 heavy (non-hydrogen) atoms. The van der Waals surface area contributed by atoms with Crippen molar-refractivity contribution in [3.05, 3.63) is 36.5 Å². The van der Waals surface area contributed by atoms with Crippen LogP contribution in [0.2, 0.25) is 0 Å². The Labute approximate surface area is 555 Å². The average Bonchev–Trinajstić information content (AvgIpc) is 3.63. The van der Waals surface area contributed by atoms with E-state index in [9.17, 15) is 19.0 Å². The van der Waals surface area contributed by atoms with Crippen LogP contribution in [0.25, 0.3) is 0 Å². The maximum absolute atomic E-state index is 13.7. The van der Waals surface area contributed by atoms with Crippen LogP contribution >= 0.6 is 7.82 Å². The monoisotopic (exact) mass is 1270 g/mol. The predicted molar refractivity (Wildman–Crippen MR) is 388 cm³/mol. The van der Waals surface area contributed by atoms with Crippen molar-refractivity contribution in [1.29, 1.82) is 0 Å². The lowest BCUT2D eigenvalue weighted by molar-refractivity contribution is -0.870. The number of likely N-dealkylation sites (N-methyl/N-ethyl adjacent to an activating group) is 1. The van der Waals surface area contributed by atoms with Crippen LogP contribution in [0.3, 0.4) is 0 Å². The molecule has 0 saturated carbocycles. The van der Waals surface area contributed by atoms with Gasteiger partial charge in [0.05, 0.1) is 33.8 Å². The highest BCUT2D eigenvalue weighted by Crippen LogP contribution is 2.43. The summed E-state index contributed by atoms with van der Waals surface area (Å²) in [5.41, 5.74) is 0. The summed E-state index contributed by atoms with van der Waals surface area (Å²) >= 11 is 0. The van der Waals surface area contributed by atoms with Gasteiger partial charge in [-0.3, -0.25) is 18.6 Å². The Morgan fingerprint density at radius 3 is 1.03 bits per heavy atom. The van der Waals surface area contributed by atoms with Crippen molar-refractivity contribution in [3.63, 3.8) is 0 Å². The van der Waals surface area contributed by atoms with Gasteiger partial charge in [-0.15, -0.1) is 0 Å². The molecule has 0 aromatic carbocycles. The van der Waals surface area contributed by atoms with Gasteiger partial charge in [-0.05, 0) is 63.9 Å². The summed E-state index contributed by atoms with van der Waals surface area (Å²) < 4.78 is 30.9. The molecule has 0 aliphatic carbocycles. The number of nitrogens with one attached hydrogen (secondary N) is 1. The number of ether oxygens (including phenoxy) is 1. The number of carbonyl (C=O) groups is 2. The summed E-state index contributed by atoms with van der Waals surface area (Å²) in [4.78, 5) is 38.0. The van der Waals surface area contributed by atoms with E-state index in [1.807, 2.05) is 27.2 Å². The molecule has 10 heteroatoms. The van der Waals surface area contributed by atoms with Crippen LogP contribution in [0.5, 0.6) is 0 Å². The molecule has 0 saturated heterocycles. The van der Waals surface area contributed by atoms with Crippen molar-refractivity contribution in [2.45, 2.75) is 418 Å². The van der Waals surface area contributed by atoms with Crippen LogP contribution < -0.4 is 5.32 Å². The van der Waals surface area contributed by atoms with E-state index < -0.39 is 20.0 Å². The third kappa shape index (κ3) is 70.4. The molecule has 526 valence electrons. The molecule has 9 nitrogen and oxygen atoms in total. The third-order valence-corrected chi connectivity index (χ3v) is 19.1. The molecule has 0 fully saturated rings. The van der Waals surface area contributed by atoms with Crippen LogP contribution in [0, 0.1) is 0 Å². The van der Waals surface area contributed by atoms with E-state index in [1.165, 1.54) is 308 Å². The van der Waals surface area contributed by atoms with Crippen molar-refractivity contribution in [1.82, 2.24) is 5.32 Å². The predicted octanol–water partition coefficient (Wildman–Crippen LogP) is 25.4. The first-order valence-electron chi connectivity index (χ1n) is 39.3. The molecule has 1 amide bonds. The average molecular weight is 1280 g/mol. The topological polar surface area (TPSA) is 111 Å². The number of rotatable bonds is 73. The van der Waals surface area contributed by atoms with Gasteiger partial charge < -0.3 is 19.4 Å². The Balaban J connectivity index is 4.94. The second-order valence-corrected chi connectivity index (χ2v) is 29.7. The summed E-state index contributed by atoms with van der Waals surface area (Å²) in [5.74, 6) is -0.478. The lowest BCUT2D eigenvalue weighted by Gasteiger charge is -2.27. The van der Waals surface area contributed by atoms with E-state index in [-0.39, 0.29) is 25.1 Å². The summed E-state index contributed by atoms with van der Waals surface area (Å²) in [6.07, 6.45) is 87.5. The molecular formula is C79H154N2O7P+. The summed E-state index contributed by atoms with van der Waals surface area (Å²) in [7, 11) is 1.52. The largest absolute Gasteiger partial charge is 0.472 e. The van der Waals surface area contributed by atoms with Crippen LogP contribution in [0.4, 0.5) is 0 Å². The number of phosphoric acid groups is 1. The van der Waals surface area contributed by atoms with Crippen molar-refractivity contribution in [2.24, 2.45) is 0 Å². The van der Waals surface area contributed by atoms with Gasteiger partial charge >= 0.3 is 13.8 Å². The number of allylic oxidation sites excluding steroid dienone is 5. The number of hydrogen-bond donors (Lipinski definition) is 2. The van der Waals surface area contributed by atoms with E-state index in [0.29, 0.717) is 23.9 Å². The van der Waals surface area contributed by atoms with Gasteiger partial charge in [-0.2, -0.15) is 0 Å². The normalized spacial score (nSPS) is 13.6. The zero-order valence-electron chi connectivity index (χ0n) is 60.5. The van der Waals surface area contributed by atoms with Gasteiger partial charge in [0.2, 0.25) is 5.91 Å². The maximum Gasteiger partial charge on any atom is 0.472 e. The number of quaternary nitrogens is 1. The highest BCUT2D eigenvalue weighted by molar-refractivity contribution is 7.47. The molecule has 3 atom stereocenters. The molecule has 0 aliphatic rings. The Morgan fingerprint density at radius 2 is 0.685 bits per heavy atom. The smallest absolute Gasteiger partial charge is 0.456 e. The number of carbonyl (C=O) groups excluding carboxylic acids is 2. The first-order chi connectivity index (χ1) is 43.4. The number of esters is 1. The molecule has 0 rings (SSSR count). The van der Waals surface area contributed by atoms with Gasteiger partial charge in [-0.25, -0.2) is 4.57 Å². The fourth-order valence-electron chi connectivity index (χ4n) is 12.0. The number of hydrogen-bond acceptors (Lipinski definition) is 6. The van der Waals surface area contributed by atoms with Gasteiger partial charge in [0.1, 0.15) is 19.3 Å². The second kappa shape index (κ2) is 69.1. The highest BCUT2D eigenvalue weighted by Gasteiger charge is 2.30. The molecular weight excluding hydrogens is 1120 g/mol. The standard InChI is InChI=1S/C79H153N2O7P/c1-7-10-13-16-19-22-25-28-30-32-34-36-38-39-40-41-43-45-47-49-51-54-57-60-63-66-69-72-79(83)88-77(70-67-64-61-58-55-52-27-24-21-18-15-12-9-3)76(75-87-89(84,85)86-74-73-81(4,5)6)80-78(82)71-68-65-62-59-56-53-50-48-46-44-42-37-35-33-31-29-26-23-20-17-14-11-8-2/h19,22,28,30,67,70,76-77H,7-18,20-21,23-27,29,31-66,68-69,71-75H2,1-6H3,(H-,80,82,84,85)/p+1/b22-19-,30-28-,70-67+. The molecule has 2 N–H and O–H groups in total. The van der Waals surface area contributed by atoms with E-state index in [0.717, 1.165) is 64.2 Å². The van der Waals surface area contributed by atoms with E-state index in [2.05, 4.69) is 56.5 Å².